The van der Waals surface area contributed by atoms with E-state index in [0.717, 1.165) is 43.3 Å². The number of fused-ring (bicyclic) bond motifs is 1. The van der Waals surface area contributed by atoms with Crippen LogP contribution in [0.5, 0.6) is 0 Å². The molecule has 0 bridgehead atoms. The van der Waals surface area contributed by atoms with Crippen molar-refractivity contribution in [1.29, 1.82) is 0 Å². The number of imidazole rings is 1. The minimum Gasteiger partial charge on any atom is -0.372 e. The average molecular weight is 365 g/mol. The summed E-state index contributed by atoms with van der Waals surface area (Å²) in [6.07, 6.45) is 7.06. The van der Waals surface area contributed by atoms with Gasteiger partial charge in [0.25, 0.3) is 0 Å². The molecule has 2 aromatic heterocycles. The van der Waals surface area contributed by atoms with Gasteiger partial charge in [-0.05, 0) is 43.9 Å². The van der Waals surface area contributed by atoms with Gasteiger partial charge in [0, 0.05) is 49.8 Å². The van der Waals surface area contributed by atoms with Crippen LogP contribution in [0.15, 0.2) is 42.7 Å². The molecule has 0 atom stereocenters. The number of nitrogens with zero attached hydrogens (tertiary/aromatic N) is 5. The molecule has 5 rings (SSSR count). The van der Waals surface area contributed by atoms with Crippen LogP contribution in [0.4, 0.5) is 15.9 Å². The molecule has 2 aliphatic rings. The molecule has 0 N–H and O–H groups in total. The Morgan fingerprint density at radius 2 is 1.59 bits per heavy atom. The van der Waals surface area contributed by atoms with Crippen molar-refractivity contribution in [3.63, 3.8) is 0 Å². The van der Waals surface area contributed by atoms with E-state index in [-0.39, 0.29) is 0 Å². The summed E-state index contributed by atoms with van der Waals surface area (Å²) >= 11 is 0. The molecular weight excluding hydrogens is 341 g/mol. The van der Waals surface area contributed by atoms with Crippen LogP contribution in [0.2, 0.25) is 0 Å². The monoisotopic (exact) mass is 365 g/mol. The maximum atomic E-state index is 13.4. The predicted molar refractivity (Wildman–Crippen MR) is 106 cm³/mol. The van der Waals surface area contributed by atoms with Gasteiger partial charge >= 0.3 is 0 Å². The highest BCUT2D eigenvalue weighted by Crippen LogP contribution is 2.26. The lowest BCUT2D eigenvalue weighted by atomic mass is 10.1. The third kappa shape index (κ3) is 3.24. The van der Waals surface area contributed by atoms with E-state index in [0.29, 0.717) is 18.6 Å². The third-order valence-corrected chi connectivity index (χ3v) is 5.69. The molecule has 27 heavy (non-hydrogen) atoms. The van der Waals surface area contributed by atoms with Gasteiger partial charge in [0.1, 0.15) is 12.0 Å². The summed E-state index contributed by atoms with van der Waals surface area (Å²) in [5.74, 6) is 1.57. The molecule has 3 aromatic rings. The molecule has 0 amide bonds. The highest BCUT2D eigenvalue weighted by molar-refractivity contribution is 5.65. The Morgan fingerprint density at radius 3 is 2.33 bits per heavy atom. The zero-order chi connectivity index (χ0) is 18.2. The summed E-state index contributed by atoms with van der Waals surface area (Å²) in [4.78, 5) is 14.0. The van der Waals surface area contributed by atoms with Crippen LogP contribution in [0.3, 0.4) is 0 Å². The van der Waals surface area contributed by atoms with Crippen LogP contribution < -0.4 is 9.80 Å². The molecule has 0 aliphatic carbocycles. The van der Waals surface area contributed by atoms with Crippen LogP contribution in [0.25, 0.3) is 17.0 Å². The number of benzene rings is 1. The quantitative estimate of drug-likeness (QED) is 0.705. The Morgan fingerprint density at radius 1 is 0.852 bits per heavy atom. The van der Waals surface area contributed by atoms with Crippen molar-refractivity contribution in [2.75, 3.05) is 36.0 Å². The highest BCUT2D eigenvalue weighted by Gasteiger charge is 2.20. The molecule has 0 radical (unpaired) electrons. The summed E-state index contributed by atoms with van der Waals surface area (Å²) in [7, 11) is 0. The van der Waals surface area contributed by atoms with E-state index in [1.807, 2.05) is 22.9 Å². The van der Waals surface area contributed by atoms with Gasteiger partial charge in [-0.3, -0.25) is 4.40 Å². The lowest BCUT2D eigenvalue weighted by Gasteiger charge is -2.29. The molecule has 140 valence electrons. The zero-order valence-corrected chi connectivity index (χ0v) is 15.4. The second kappa shape index (κ2) is 6.83. The van der Waals surface area contributed by atoms with Gasteiger partial charge in [-0.15, -0.1) is 0 Å². The number of alkyl halides is 1. The smallest absolute Gasteiger partial charge is 0.236 e. The van der Waals surface area contributed by atoms with E-state index in [9.17, 15) is 4.39 Å². The average Bonchev–Trinajstić information content (AvgIpc) is 3.38. The van der Waals surface area contributed by atoms with Crippen LogP contribution >= 0.6 is 0 Å². The van der Waals surface area contributed by atoms with Gasteiger partial charge in [-0.1, -0.05) is 12.1 Å². The summed E-state index contributed by atoms with van der Waals surface area (Å²) < 4.78 is 15.3. The van der Waals surface area contributed by atoms with Gasteiger partial charge in [-0.2, -0.15) is 4.98 Å². The first kappa shape index (κ1) is 16.5. The van der Waals surface area contributed by atoms with Crippen molar-refractivity contribution in [2.45, 2.75) is 31.9 Å². The number of hydrogen-bond acceptors (Lipinski definition) is 4. The summed E-state index contributed by atoms with van der Waals surface area (Å²) in [5, 5.41) is 0. The number of aromatic nitrogens is 3. The Hall–Kier alpha value is -2.63. The Labute approximate surface area is 158 Å². The number of halogens is 1. The fourth-order valence-electron chi connectivity index (χ4n) is 4.07. The minimum atomic E-state index is -0.674. The fraction of sp³-hybridized carbons (Fsp3) is 0.429. The molecule has 1 aromatic carbocycles. The highest BCUT2D eigenvalue weighted by atomic mass is 19.1. The van der Waals surface area contributed by atoms with Gasteiger partial charge in [0.05, 0.1) is 5.69 Å². The lowest BCUT2D eigenvalue weighted by Crippen LogP contribution is -2.34. The number of anilines is 2. The third-order valence-electron chi connectivity index (χ3n) is 5.69. The Balaban J connectivity index is 1.39. The molecule has 0 saturated carbocycles. The van der Waals surface area contributed by atoms with E-state index in [2.05, 4.69) is 34.1 Å². The van der Waals surface area contributed by atoms with Crippen molar-refractivity contribution in [3.05, 3.63) is 42.7 Å². The molecule has 5 nitrogen and oxygen atoms in total. The van der Waals surface area contributed by atoms with E-state index >= 15 is 0 Å². The van der Waals surface area contributed by atoms with Crippen LogP contribution in [0.1, 0.15) is 25.7 Å². The van der Waals surface area contributed by atoms with Crippen molar-refractivity contribution < 1.29 is 4.39 Å². The zero-order valence-electron chi connectivity index (χ0n) is 15.4. The summed E-state index contributed by atoms with van der Waals surface area (Å²) in [5.41, 5.74) is 3.31. The van der Waals surface area contributed by atoms with E-state index in [1.54, 1.807) is 0 Å². The van der Waals surface area contributed by atoms with E-state index in [4.69, 9.17) is 9.97 Å². The molecule has 2 aliphatic heterocycles. The first-order chi connectivity index (χ1) is 13.3. The second-order valence-corrected chi connectivity index (χ2v) is 7.52. The van der Waals surface area contributed by atoms with Gasteiger partial charge < -0.3 is 9.80 Å². The molecule has 6 heteroatoms. The molecule has 2 saturated heterocycles. The van der Waals surface area contributed by atoms with Crippen LogP contribution in [-0.2, 0) is 0 Å². The number of rotatable bonds is 3. The first-order valence-corrected chi connectivity index (χ1v) is 9.86. The van der Waals surface area contributed by atoms with Crippen molar-refractivity contribution in [3.8, 4) is 11.3 Å². The second-order valence-electron chi connectivity index (χ2n) is 7.52. The molecule has 4 heterocycles. The van der Waals surface area contributed by atoms with Crippen molar-refractivity contribution in [1.82, 2.24) is 14.4 Å². The summed E-state index contributed by atoms with van der Waals surface area (Å²) in [6, 6.07) is 10.6. The van der Waals surface area contributed by atoms with Gasteiger partial charge in [0.2, 0.25) is 5.78 Å². The molecule has 0 spiro atoms. The molecular formula is C21H24FN5. The maximum absolute atomic E-state index is 13.4. The first-order valence-electron chi connectivity index (χ1n) is 9.86. The van der Waals surface area contributed by atoms with Crippen molar-refractivity contribution >= 4 is 17.3 Å². The molecule has 2 fully saturated rings. The largest absolute Gasteiger partial charge is 0.372 e. The Bertz CT molecular complexity index is 921. The van der Waals surface area contributed by atoms with Gasteiger partial charge in [-0.25, -0.2) is 9.37 Å². The van der Waals surface area contributed by atoms with Crippen molar-refractivity contribution in [2.24, 2.45) is 0 Å². The standard InChI is InChI=1S/C21H24FN5/c22-17-7-12-26(13-8-17)20-9-14-27-15-19(23-21(27)24-20)16-3-5-18(6-4-16)25-10-1-2-11-25/h3-6,9,14-15,17H,1-2,7-8,10-13H2. The summed E-state index contributed by atoms with van der Waals surface area (Å²) in [6.45, 7) is 3.74. The fourth-order valence-corrected chi connectivity index (χ4v) is 4.07. The maximum Gasteiger partial charge on any atom is 0.236 e. The van der Waals surface area contributed by atoms with Gasteiger partial charge in [0.15, 0.2) is 0 Å². The topological polar surface area (TPSA) is 36.7 Å². The van der Waals surface area contributed by atoms with Crippen LogP contribution in [-0.4, -0.2) is 46.7 Å². The van der Waals surface area contributed by atoms with Crippen LogP contribution in [0, 0.1) is 0 Å². The lowest BCUT2D eigenvalue weighted by molar-refractivity contribution is 0.277. The number of hydrogen-bond donors (Lipinski definition) is 0. The Kier molecular flexibility index (Phi) is 4.19. The normalized spacial score (nSPS) is 18.6. The molecule has 0 unspecified atom stereocenters. The number of piperidine rings is 1. The van der Waals surface area contributed by atoms with E-state index < -0.39 is 6.17 Å². The SMILES string of the molecule is FC1CCN(c2ccn3cc(-c4ccc(N5CCCC5)cc4)nc3n2)CC1. The minimum absolute atomic E-state index is 0.579. The predicted octanol–water partition coefficient (Wildman–Crippen LogP) is 3.93. The van der Waals surface area contributed by atoms with E-state index in [1.165, 1.54) is 18.5 Å².